The van der Waals surface area contributed by atoms with Gasteiger partial charge in [0.1, 0.15) is 17.5 Å². The van der Waals surface area contributed by atoms with Crippen LogP contribution in [-0.4, -0.2) is 31.0 Å². The van der Waals surface area contributed by atoms with Gasteiger partial charge in [-0.3, -0.25) is 4.18 Å². The van der Waals surface area contributed by atoms with Crippen LogP contribution < -0.4 is 0 Å². The third-order valence-electron chi connectivity index (χ3n) is 2.74. The number of nitrogens with zero attached hydrogens (tertiary/aromatic N) is 1. The molecule has 0 spiro atoms. The highest BCUT2D eigenvalue weighted by atomic mass is 32.2. The summed E-state index contributed by atoms with van der Waals surface area (Å²) in [6, 6.07) is 4.54. The number of carbonyl (C=O) groups is 1. The Bertz CT molecular complexity index is 653. The highest BCUT2D eigenvalue weighted by Gasteiger charge is 2.46. The summed E-state index contributed by atoms with van der Waals surface area (Å²) in [6.45, 7) is 4.47. The van der Waals surface area contributed by atoms with Gasteiger partial charge in [-0.15, -0.1) is 0 Å². The maximum absolute atomic E-state index is 13.8. The van der Waals surface area contributed by atoms with E-state index in [1.54, 1.807) is 26.8 Å². The minimum Gasteiger partial charge on any atom is -0.443 e. The van der Waals surface area contributed by atoms with Crippen LogP contribution in [0.3, 0.4) is 0 Å². The molecule has 1 fully saturated rings. The van der Waals surface area contributed by atoms with Gasteiger partial charge in [-0.1, -0.05) is 18.2 Å². The standard InChI is InChI=1S/C13H16FNO5S/c1-13(2,3)20-12(16)15-11(8-19-21(15,17)18)9-6-4-5-7-10(9)14/h4-7,11H,8H2,1-3H3/t11-/m1/s1. The van der Waals surface area contributed by atoms with E-state index >= 15 is 0 Å². The van der Waals surface area contributed by atoms with E-state index in [-0.39, 0.29) is 12.2 Å². The zero-order chi connectivity index (χ0) is 15.8. The van der Waals surface area contributed by atoms with Crippen molar-refractivity contribution in [2.75, 3.05) is 6.61 Å². The number of hydrogen-bond donors (Lipinski definition) is 0. The molecule has 0 aliphatic carbocycles. The van der Waals surface area contributed by atoms with E-state index in [9.17, 15) is 17.6 Å². The lowest BCUT2D eigenvalue weighted by Crippen LogP contribution is -2.39. The summed E-state index contributed by atoms with van der Waals surface area (Å²) >= 11 is 0. The number of halogens is 1. The monoisotopic (exact) mass is 317 g/mol. The first-order valence-corrected chi connectivity index (χ1v) is 7.64. The van der Waals surface area contributed by atoms with Crippen LogP contribution in [0.25, 0.3) is 0 Å². The van der Waals surface area contributed by atoms with E-state index in [4.69, 9.17) is 4.74 Å². The molecular weight excluding hydrogens is 301 g/mol. The first kappa shape index (κ1) is 15.7. The lowest BCUT2D eigenvalue weighted by atomic mass is 10.1. The molecule has 0 radical (unpaired) electrons. The summed E-state index contributed by atoms with van der Waals surface area (Å²) in [5, 5.41) is 0. The van der Waals surface area contributed by atoms with Crippen LogP contribution in [0.5, 0.6) is 0 Å². The van der Waals surface area contributed by atoms with Crippen LogP contribution in [0, 0.1) is 5.82 Å². The van der Waals surface area contributed by atoms with Gasteiger partial charge in [0.15, 0.2) is 0 Å². The molecule has 1 saturated heterocycles. The van der Waals surface area contributed by atoms with Gasteiger partial charge in [0, 0.05) is 5.56 Å². The van der Waals surface area contributed by atoms with Crippen molar-refractivity contribution in [2.45, 2.75) is 32.4 Å². The van der Waals surface area contributed by atoms with Crippen molar-refractivity contribution in [3.8, 4) is 0 Å². The molecule has 1 aliphatic heterocycles. The molecule has 1 atom stereocenters. The van der Waals surface area contributed by atoms with E-state index in [0.29, 0.717) is 4.31 Å². The molecule has 0 aromatic heterocycles. The Kier molecular flexibility index (Phi) is 3.94. The number of benzene rings is 1. The fourth-order valence-corrected chi connectivity index (χ4v) is 3.04. The molecule has 1 aliphatic rings. The maximum atomic E-state index is 13.8. The fraction of sp³-hybridized carbons (Fsp3) is 0.462. The van der Waals surface area contributed by atoms with Gasteiger partial charge in [-0.25, -0.2) is 9.18 Å². The van der Waals surface area contributed by atoms with Crippen LogP contribution >= 0.6 is 0 Å². The average Bonchev–Trinajstić information content (AvgIpc) is 2.63. The summed E-state index contributed by atoms with van der Waals surface area (Å²) < 4.78 is 47.7. The quantitative estimate of drug-likeness (QED) is 0.795. The Morgan fingerprint density at radius 1 is 1.38 bits per heavy atom. The summed E-state index contributed by atoms with van der Waals surface area (Å²) in [7, 11) is -4.28. The van der Waals surface area contributed by atoms with Gasteiger partial charge >= 0.3 is 16.4 Å². The Balaban J connectivity index is 2.39. The molecule has 0 unspecified atom stereocenters. The number of carbonyl (C=O) groups excluding carboxylic acids is 1. The largest absolute Gasteiger partial charge is 0.443 e. The number of ether oxygens (including phenoxy) is 1. The summed E-state index contributed by atoms with van der Waals surface area (Å²) in [5.74, 6) is -0.614. The maximum Gasteiger partial charge on any atom is 0.426 e. The molecule has 0 saturated carbocycles. The van der Waals surface area contributed by atoms with Crippen molar-refractivity contribution in [2.24, 2.45) is 0 Å². The lowest BCUT2D eigenvalue weighted by molar-refractivity contribution is 0.0354. The molecule has 1 amide bonds. The second kappa shape index (κ2) is 5.27. The Morgan fingerprint density at radius 2 is 2.00 bits per heavy atom. The van der Waals surface area contributed by atoms with Crippen molar-refractivity contribution >= 4 is 16.4 Å². The van der Waals surface area contributed by atoms with Gasteiger partial charge < -0.3 is 4.74 Å². The summed E-state index contributed by atoms with van der Waals surface area (Å²) in [4.78, 5) is 12.1. The van der Waals surface area contributed by atoms with Crippen LogP contribution in [-0.2, 0) is 19.2 Å². The molecule has 0 N–H and O–H groups in total. The minimum absolute atomic E-state index is 0.0597. The predicted octanol–water partition coefficient (Wildman–Crippen LogP) is 2.38. The molecule has 1 aromatic rings. The number of rotatable bonds is 1. The average molecular weight is 317 g/mol. The third kappa shape index (κ3) is 3.33. The summed E-state index contributed by atoms with van der Waals surface area (Å²) in [5.41, 5.74) is -0.820. The molecule has 2 rings (SSSR count). The molecule has 8 heteroatoms. The Hall–Kier alpha value is -1.67. The topological polar surface area (TPSA) is 72.9 Å². The van der Waals surface area contributed by atoms with E-state index in [1.807, 2.05) is 0 Å². The van der Waals surface area contributed by atoms with E-state index in [2.05, 4.69) is 4.18 Å². The van der Waals surface area contributed by atoms with Crippen LogP contribution in [0.4, 0.5) is 9.18 Å². The van der Waals surface area contributed by atoms with Gasteiger partial charge in [-0.2, -0.15) is 12.7 Å². The number of amides is 1. The zero-order valence-corrected chi connectivity index (χ0v) is 12.7. The molecule has 116 valence electrons. The van der Waals surface area contributed by atoms with Crippen LogP contribution in [0.15, 0.2) is 24.3 Å². The van der Waals surface area contributed by atoms with Crippen LogP contribution in [0.2, 0.25) is 0 Å². The highest BCUT2D eigenvalue weighted by molar-refractivity contribution is 7.85. The second-order valence-corrected chi connectivity index (χ2v) is 7.04. The van der Waals surface area contributed by atoms with Crippen molar-refractivity contribution in [1.82, 2.24) is 4.31 Å². The lowest BCUT2D eigenvalue weighted by Gasteiger charge is -2.26. The first-order chi connectivity index (χ1) is 9.62. The zero-order valence-electron chi connectivity index (χ0n) is 11.9. The first-order valence-electron chi connectivity index (χ1n) is 6.28. The summed E-state index contributed by atoms with van der Waals surface area (Å²) in [6.07, 6.45) is -1.09. The third-order valence-corrected chi connectivity index (χ3v) is 4.06. The highest BCUT2D eigenvalue weighted by Crippen LogP contribution is 2.34. The Labute approximate surface area is 122 Å². The van der Waals surface area contributed by atoms with Crippen molar-refractivity contribution < 1.29 is 26.5 Å². The molecular formula is C13H16FNO5S. The molecule has 21 heavy (non-hydrogen) atoms. The predicted molar refractivity (Wildman–Crippen MR) is 72.1 cm³/mol. The second-order valence-electron chi connectivity index (χ2n) is 5.56. The molecule has 1 aromatic carbocycles. The molecule has 1 heterocycles. The van der Waals surface area contributed by atoms with Crippen molar-refractivity contribution in [3.63, 3.8) is 0 Å². The Morgan fingerprint density at radius 3 is 2.57 bits per heavy atom. The van der Waals surface area contributed by atoms with Gasteiger partial charge in [-0.05, 0) is 26.8 Å². The minimum atomic E-state index is -4.28. The van der Waals surface area contributed by atoms with E-state index in [0.717, 1.165) is 0 Å². The van der Waals surface area contributed by atoms with E-state index < -0.39 is 33.9 Å². The molecule has 0 bridgehead atoms. The van der Waals surface area contributed by atoms with Crippen molar-refractivity contribution in [3.05, 3.63) is 35.6 Å². The van der Waals surface area contributed by atoms with Crippen molar-refractivity contribution in [1.29, 1.82) is 0 Å². The molecule has 6 nitrogen and oxygen atoms in total. The van der Waals surface area contributed by atoms with E-state index in [1.165, 1.54) is 18.2 Å². The SMILES string of the molecule is CC(C)(C)OC(=O)N1[C@@H](c2ccccc2F)COS1(=O)=O. The van der Waals surface area contributed by atoms with Crippen LogP contribution in [0.1, 0.15) is 32.4 Å². The van der Waals surface area contributed by atoms with Gasteiger partial charge in [0.2, 0.25) is 0 Å². The number of hydrogen-bond acceptors (Lipinski definition) is 5. The van der Waals surface area contributed by atoms with Gasteiger partial charge in [0.25, 0.3) is 0 Å². The fourth-order valence-electron chi connectivity index (χ4n) is 1.92. The smallest absolute Gasteiger partial charge is 0.426 e. The van der Waals surface area contributed by atoms with Gasteiger partial charge in [0.05, 0.1) is 6.61 Å². The normalized spacial score (nSPS) is 21.3.